The van der Waals surface area contributed by atoms with Gasteiger partial charge in [0.2, 0.25) is 27.7 Å². The molecule has 0 atom stereocenters. The van der Waals surface area contributed by atoms with E-state index >= 15 is 0 Å². The number of piperazine rings is 2. The molecule has 102 heavy (non-hydrogen) atoms. The van der Waals surface area contributed by atoms with Crippen LogP contribution in [0.15, 0.2) is 111 Å². The molecule has 0 saturated carbocycles. The SMILES string of the molecule is C.CN1CCN(Cc2cnc3oc4c(N5CCOCC5)nc(-c5cccc6[nH]ccc56)nc4c3c2)CC1.CN1CCN(Cc2cnc3oc4c(N5CCOCC5)nc(Cl)nc4c3c2)CC1.ClCCl.O=Cc1cnc2oc3c(N4CCOCC4)nc(Cl)nc3c2c1.OB(O)c1cccc2[nH]ccc12. The number of benzene rings is 2. The number of ether oxygens (including phenoxy) is 3. The van der Waals surface area contributed by atoms with Crippen molar-refractivity contribution in [1.29, 1.82) is 0 Å². The smallest absolute Gasteiger partial charge is 0.432 e. The second-order valence-corrected chi connectivity index (χ2v) is 26.4. The topological polar surface area (TPSA) is 295 Å². The average molecular weight is 1470 g/mol. The lowest BCUT2D eigenvalue weighted by Crippen LogP contribution is -2.43. The van der Waals surface area contributed by atoms with Crippen LogP contribution in [0, 0.1) is 0 Å². The van der Waals surface area contributed by atoms with Gasteiger partial charge in [0.05, 0.1) is 61.1 Å². The fourth-order valence-corrected chi connectivity index (χ4v) is 13.4. The molecule has 11 aromatic heterocycles. The van der Waals surface area contributed by atoms with Gasteiger partial charge in [-0.05, 0) is 102 Å². The van der Waals surface area contributed by atoms with Crippen LogP contribution in [0.5, 0.6) is 0 Å². The van der Waals surface area contributed by atoms with Gasteiger partial charge in [-0.3, -0.25) is 14.6 Å². The van der Waals surface area contributed by atoms with E-state index in [-0.39, 0.29) is 23.3 Å². The molecule has 0 radical (unpaired) electrons. The number of anilines is 3. The fraction of sp³-hybridized carbons (Fsp3) is 0.371. The lowest BCUT2D eigenvalue weighted by atomic mass is 9.78. The first-order chi connectivity index (χ1) is 49.4. The fourth-order valence-electron chi connectivity index (χ4n) is 13.1. The van der Waals surface area contributed by atoms with Crippen molar-refractivity contribution in [2.24, 2.45) is 0 Å². The van der Waals surface area contributed by atoms with Gasteiger partial charge in [-0.15, -0.1) is 23.2 Å². The Morgan fingerprint density at radius 2 is 0.912 bits per heavy atom. The van der Waals surface area contributed by atoms with E-state index < -0.39 is 7.12 Å². The molecule has 5 aliphatic rings. The van der Waals surface area contributed by atoms with Crippen LogP contribution in [0.3, 0.4) is 0 Å². The van der Waals surface area contributed by atoms with Crippen molar-refractivity contribution < 1.29 is 42.3 Å². The summed E-state index contributed by atoms with van der Waals surface area (Å²) >= 11 is 21.8. The molecule has 18 rings (SSSR count). The summed E-state index contributed by atoms with van der Waals surface area (Å²) in [5.41, 5.74) is 11.9. The third-order valence-electron chi connectivity index (χ3n) is 18.4. The minimum absolute atomic E-state index is 0. The molecule has 2 aromatic carbocycles. The molecule has 532 valence electrons. The van der Waals surface area contributed by atoms with Gasteiger partial charge in [-0.25, -0.2) is 34.9 Å². The number of alkyl halides is 2. The molecular formula is C70H77BCl4N18O9. The maximum absolute atomic E-state index is 10.9. The zero-order chi connectivity index (χ0) is 69.5. The first kappa shape index (κ1) is 71.9. The van der Waals surface area contributed by atoms with Crippen LogP contribution in [-0.4, -0.2) is 249 Å². The summed E-state index contributed by atoms with van der Waals surface area (Å²) in [4.78, 5) is 74.3. The lowest BCUT2D eigenvalue weighted by Gasteiger charge is -2.32. The number of carbonyl (C=O) groups excluding carboxylic acids is 1. The molecule has 5 fully saturated rings. The minimum atomic E-state index is -1.40. The molecule has 0 amide bonds. The van der Waals surface area contributed by atoms with E-state index in [4.69, 9.17) is 98.9 Å². The molecule has 0 aliphatic carbocycles. The van der Waals surface area contributed by atoms with E-state index in [1.807, 2.05) is 41.7 Å². The number of H-pyrrole nitrogens is 2. The molecule has 4 N–H and O–H groups in total. The zero-order valence-corrected chi connectivity index (χ0v) is 58.6. The molecule has 13 aromatic rings. The van der Waals surface area contributed by atoms with Crippen molar-refractivity contribution in [3.05, 3.63) is 125 Å². The largest absolute Gasteiger partial charge is 0.489 e. The highest BCUT2D eigenvalue weighted by atomic mass is 35.5. The maximum Gasteiger partial charge on any atom is 0.489 e. The van der Waals surface area contributed by atoms with Gasteiger partial charge < -0.3 is 72.0 Å². The van der Waals surface area contributed by atoms with Gasteiger partial charge in [0.15, 0.2) is 46.3 Å². The second kappa shape index (κ2) is 32.9. The van der Waals surface area contributed by atoms with Gasteiger partial charge in [-0.2, -0.15) is 9.97 Å². The molecule has 16 heterocycles. The maximum atomic E-state index is 10.9. The number of likely N-dealkylation sites (N-methyl/N-ethyl adjacent to an activating group) is 2. The Kier molecular flexibility index (Phi) is 23.2. The number of rotatable bonds is 10. The molecule has 32 heteroatoms. The number of fused-ring (bicyclic) bond motifs is 11. The Balaban J connectivity index is 0.000000126. The number of aldehydes is 1. The third-order valence-corrected chi connectivity index (χ3v) is 18.7. The van der Waals surface area contributed by atoms with Gasteiger partial charge >= 0.3 is 7.12 Å². The standard InChI is InChI=1S/C27H29N7O2.C19H23ClN6O2.C14H11ClN4O3.C8H8BNO2.CH2Cl2.CH4/c1-32-7-9-33(10-8-32)17-18-15-21-23-24(36-27(21)29-16-18)26(34-11-13-35-14-12-34)31-25(30-23)20-3-2-4-22-19(20)5-6-28-22;1-24-2-4-25(5-3-24)12-13-10-14-15-16(28-18(14)21-11-13)17(23-19(20)22-15)26-6-8-27-9-7-26;15-14-17-10-9-5-8(7-20)6-16-13(9)22-11(10)12(18-14)19-1-3-21-4-2-19;11-9(12)7-2-1-3-8-6(7)4-5-10-8;2-1-3;/h2-6,15-16,28H,7-14,17H2,1H3;10-11H,2-9,12H2,1H3;5-7H,1-4H2;1-5,10-12H;1H2;1H4. The predicted octanol–water partition coefficient (Wildman–Crippen LogP) is 9.49. The lowest BCUT2D eigenvalue weighted by molar-refractivity contribution is 0.112. The van der Waals surface area contributed by atoms with Gasteiger partial charge in [0, 0.05) is 163 Å². The number of nitrogens with zero attached hydrogens (tertiary/aromatic N) is 16. The molecule has 5 saturated heterocycles. The van der Waals surface area contributed by atoms with E-state index in [2.05, 4.69) is 114 Å². The number of morpholine rings is 3. The number of aromatic amines is 2. The van der Waals surface area contributed by atoms with Crippen molar-refractivity contribution >= 4 is 171 Å². The number of hydrogen-bond acceptors (Lipinski definition) is 25. The normalized spacial score (nSPS) is 16.6. The van der Waals surface area contributed by atoms with E-state index in [0.29, 0.717) is 120 Å². The number of carbonyl (C=O) groups is 1. The average Bonchev–Trinajstić information content (AvgIpc) is 1.61. The van der Waals surface area contributed by atoms with Crippen LogP contribution in [0.1, 0.15) is 28.9 Å². The van der Waals surface area contributed by atoms with Crippen LogP contribution in [-0.2, 0) is 27.3 Å². The van der Waals surface area contributed by atoms with Crippen molar-refractivity contribution in [2.45, 2.75) is 20.5 Å². The number of aromatic nitrogens is 11. The highest BCUT2D eigenvalue weighted by Gasteiger charge is 2.28. The van der Waals surface area contributed by atoms with Gasteiger partial charge in [0.25, 0.3) is 0 Å². The predicted molar refractivity (Wildman–Crippen MR) is 400 cm³/mol. The Bertz CT molecular complexity index is 5030. The third kappa shape index (κ3) is 16.0. The zero-order valence-electron chi connectivity index (χ0n) is 55.6. The molecule has 5 aliphatic heterocycles. The number of halogens is 4. The molecule has 0 spiro atoms. The summed E-state index contributed by atoms with van der Waals surface area (Å²) in [6, 6.07) is 21.5. The van der Waals surface area contributed by atoms with Gasteiger partial charge in [-0.1, -0.05) is 31.7 Å². The Hall–Kier alpha value is -8.46. The molecular weight excluding hydrogens is 1390 g/mol. The monoisotopic (exact) mass is 1460 g/mol. The van der Waals surface area contributed by atoms with E-state index in [1.165, 1.54) is 11.8 Å². The first-order valence-corrected chi connectivity index (χ1v) is 35.1. The summed E-state index contributed by atoms with van der Waals surface area (Å²) in [6.07, 6.45) is 9.75. The first-order valence-electron chi connectivity index (χ1n) is 33.3. The Morgan fingerprint density at radius 3 is 1.37 bits per heavy atom. The Morgan fingerprint density at radius 1 is 0.500 bits per heavy atom. The summed E-state index contributed by atoms with van der Waals surface area (Å²) in [6.45, 7) is 18.7. The number of hydrogen-bond donors (Lipinski definition) is 4. The second-order valence-electron chi connectivity index (χ2n) is 24.9. The van der Waals surface area contributed by atoms with Crippen LogP contribution in [0.2, 0.25) is 10.6 Å². The van der Waals surface area contributed by atoms with Crippen LogP contribution < -0.4 is 20.2 Å². The Labute approximate surface area is 606 Å². The molecule has 0 bridgehead atoms. The van der Waals surface area contributed by atoms with Crippen molar-refractivity contribution in [1.82, 2.24) is 74.4 Å². The summed E-state index contributed by atoms with van der Waals surface area (Å²) in [5, 5.41) is 23.0. The number of furan rings is 3. The summed E-state index contributed by atoms with van der Waals surface area (Å²) in [7, 11) is 2.95. The number of pyridine rings is 3. The van der Waals surface area contributed by atoms with Crippen LogP contribution in [0.4, 0.5) is 17.5 Å². The van der Waals surface area contributed by atoms with E-state index in [0.717, 1.165) is 164 Å². The molecule has 0 unspecified atom stereocenters. The number of nitrogens with one attached hydrogen (secondary N) is 2. The highest BCUT2D eigenvalue weighted by Crippen LogP contribution is 2.39. The van der Waals surface area contributed by atoms with Crippen molar-refractivity contribution in [3.63, 3.8) is 0 Å². The van der Waals surface area contributed by atoms with Crippen LogP contribution >= 0.6 is 46.4 Å². The summed E-state index contributed by atoms with van der Waals surface area (Å²) < 4.78 is 34.6. The quantitative estimate of drug-likeness (QED) is 0.0429. The van der Waals surface area contributed by atoms with Crippen LogP contribution in [0.25, 0.3) is 99.8 Å². The summed E-state index contributed by atoms with van der Waals surface area (Å²) in [5.74, 6) is 2.85. The van der Waals surface area contributed by atoms with Crippen molar-refractivity contribution in [2.75, 3.05) is 165 Å². The highest BCUT2D eigenvalue weighted by molar-refractivity contribution is 6.61. The van der Waals surface area contributed by atoms with E-state index in [9.17, 15) is 4.79 Å². The van der Waals surface area contributed by atoms with Crippen molar-refractivity contribution in [3.8, 4) is 11.4 Å². The van der Waals surface area contributed by atoms with Gasteiger partial charge in [0.1, 0.15) is 16.6 Å². The van der Waals surface area contributed by atoms with E-state index in [1.54, 1.807) is 24.4 Å². The molecule has 27 nitrogen and oxygen atoms in total. The minimum Gasteiger partial charge on any atom is -0.432 e.